The van der Waals surface area contributed by atoms with Crippen LogP contribution >= 0.6 is 0 Å². The highest BCUT2D eigenvalue weighted by Gasteiger charge is 2.09. The fourth-order valence-electron chi connectivity index (χ4n) is 2.22. The first-order valence-corrected chi connectivity index (χ1v) is 7.60. The Bertz CT molecular complexity index is 349. The summed E-state index contributed by atoms with van der Waals surface area (Å²) in [5.41, 5.74) is 2.75. The van der Waals surface area contributed by atoms with E-state index in [-0.39, 0.29) is 0 Å². The van der Waals surface area contributed by atoms with Crippen molar-refractivity contribution >= 4 is 0 Å². The van der Waals surface area contributed by atoms with Gasteiger partial charge in [0.15, 0.2) is 0 Å². The van der Waals surface area contributed by atoms with Crippen LogP contribution in [0.3, 0.4) is 0 Å². The SMILES string of the molecule is CCCCCNCC(C)N(C)Cc1cccc(C)c1. The Labute approximate surface area is 119 Å². The summed E-state index contributed by atoms with van der Waals surface area (Å²) < 4.78 is 0. The zero-order valence-corrected chi connectivity index (χ0v) is 13.1. The summed E-state index contributed by atoms with van der Waals surface area (Å²) in [4.78, 5) is 2.42. The quantitative estimate of drug-likeness (QED) is 0.684. The van der Waals surface area contributed by atoms with Gasteiger partial charge >= 0.3 is 0 Å². The topological polar surface area (TPSA) is 15.3 Å². The van der Waals surface area contributed by atoms with Crippen molar-refractivity contribution < 1.29 is 0 Å². The van der Waals surface area contributed by atoms with Gasteiger partial charge in [0.05, 0.1) is 0 Å². The molecule has 0 saturated heterocycles. The third-order valence-electron chi connectivity index (χ3n) is 3.66. The van der Waals surface area contributed by atoms with E-state index in [2.05, 4.69) is 62.3 Å². The summed E-state index contributed by atoms with van der Waals surface area (Å²) >= 11 is 0. The number of rotatable bonds is 9. The van der Waals surface area contributed by atoms with Crippen molar-refractivity contribution in [3.05, 3.63) is 35.4 Å². The minimum Gasteiger partial charge on any atom is -0.315 e. The molecule has 19 heavy (non-hydrogen) atoms. The van der Waals surface area contributed by atoms with Crippen LogP contribution in [0.15, 0.2) is 24.3 Å². The maximum Gasteiger partial charge on any atom is 0.0234 e. The summed E-state index contributed by atoms with van der Waals surface area (Å²) in [5, 5.41) is 3.56. The molecule has 108 valence electrons. The average Bonchev–Trinajstić information content (AvgIpc) is 2.38. The summed E-state index contributed by atoms with van der Waals surface area (Å²) in [5.74, 6) is 0. The number of aryl methyl sites for hydroxylation is 1. The van der Waals surface area contributed by atoms with Crippen LogP contribution in [0.4, 0.5) is 0 Å². The lowest BCUT2D eigenvalue weighted by Gasteiger charge is -2.25. The molecule has 0 aliphatic heterocycles. The van der Waals surface area contributed by atoms with E-state index in [9.17, 15) is 0 Å². The van der Waals surface area contributed by atoms with Gasteiger partial charge in [-0.2, -0.15) is 0 Å². The normalized spacial score (nSPS) is 12.9. The van der Waals surface area contributed by atoms with E-state index in [0.29, 0.717) is 6.04 Å². The molecule has 0 aromatic heterocycles. The molecule has 0 aliphatic rings. The van der Waals surface area contributed by atoms with Crippen LogP contribution in [0.25, 0.3) is 0 Å². The molecule has 0 fully saturated rings. The number of unbranched alkanes of at least 4 members (excludes halogenated alkanes) is 2. The van der Waals surface area contributed by atoms with Gasteiger partial charge in [-0.15, -0.1) is 0 Å². The first-order valence-electron chi connectivity index (χ1n) is 7.60. The number of benzene rings is 1. The van der Waals surface area contributed by atoms with Gasteiger partial charge in [-0.05, 0) is 39.4 Å². The summed E-state index contributed by atoms with van der Waals surface area (Å²) in [6.07, 6.45) is 3.93. The standard InChI is InChI=1S/C17H30N2/c1-5-6-7-11-18-13-16(3)19(4)14-17-10-8-9-15(2)12-17/h8-10,12,16,18H,5-7,11,13-14H2,1-4H3. The highest BCUT2D eigenvalue weighted by atomic mass is 15.1. The van der Waals surface area contributed by atoms with E-state index >= 15 is 0 Å². The molecule has 0 saturated carbocycles. The van der Waals surface area contributed by atoms with Crippen molar-refractivity contribution in [2.75, 3.05) is 20.1 Å². The fourth-order valence-corrected chi connectivity index (χ4v) is 2.22. The Morgan fingerprint density at radius 3 is 2.74 bits per heavy atom. The fraction of sp³-hybridized carbons (Fsp3) is 0.647. The average molecular weight is 262 g/mol. The van der Waals surface area contributed by atoms with Crippen LogP contribution in [-0.4, -0.2) is 31.1 Å². The number of hydrogen-bond donors (Lipinski definition) is 1. The van der Waals surface area contributed by atoms with Gasteiger partial charge in [0.1, 0.15) is 0 Å². The number of likely N-dealkylation sites (N-methyl/N-ethyl adjacent to an activating group) is 1. The molecule has 0 spiro atoms. The van der Waals surface area contributed by atoms with Crippen molar-refractivity contribution in [1.82, 2.24) is 10.2 Å². The zero-order chi connectivity index (χ0) is 14.1. The summed E-state index contributed by atoms with van der Waals surface area (Å²) in [6, 6.07) is 9.36. The molecule has 1 N–H and O–H groups in total. The van der Waals surface area contributed by atoms with Crippen LogP contribution in [-0.2, 0) is 6.54 Å². The van der Waals surface area contributed by atoms with Gasteiger partial charge in [-0.3, -0.25) is 4.90 Å². The van der Waals surface area contributed by atoms with Crippen LogP contribution in [0.1, 0.15) is 44.2 Å². The van der Waals surface area contributed by atoms with Gasteiger partial charge in [0.2, 0.25) is 0 Å². The Kier molecular flexibility index (Phi) is 7.76. The Hall–Kier alpha value is -0.860. The maximum absolute atomic E-state index is 3.56. The largest absolute Gasteiger partial charge is 0.315 e. The van der Waals surface area contributed by atoms with E-state index in [1.165, 1.54) is 30.4 Å². The lowest BCUT2D eigenvalue weighted by molar-refractivity contribution is 0.243. The Morgan fingerprint density at radius 1 is 1.26 bits per heavy atom. The second-order valence-corrected chi connectivity index (χ2v) is 5.66. The van der Waals surface area contributed by atoms with Gasteiger partial charge in [-0.1, -0.05) is 49.6 Å². The Balaban J connectivity index is 2.26. The molecule has 0 bridgehead atoms. The van der Waals surface area contributed by atoms with E-state index in [1.807, 2.05) is 0 Å². The molecule has 0 radical (unpaired) electrons. The number of nitrogens with one attached hydrogen (secondary N) is 1. The van der Waals surface area contributed by atoms with Crippen molar-refractivity contribution in [2.24, 2.45) is 0 Å². The maximum atomic E-state index is 3.56. The predicted molar refractivity (Wildman–Crippen MR) is 84.5 cm³/mol. The molecule has 2 heteroatoms. The number of hydrogen-bond acceptors (Lipinski definition) is 2. The third kappa shape index (κ3) is 6.74. The van der Waals surface area contributed by atoms with E-state index < -0.39 is 0 Å². The minimum absolute atomic E-state index is 0.571. The van der Waals surface area contributed by atoms with Crippen LogP contribution in [0, 0.1) is 6.92 Å². The number of nitrogens with zero attached hydrogens (tertiary/aromatic N) is 1. The van der Waals surface area contributed by atoms with Crippen LogP contribution < -0.4 is 5.32 Å². The monoisotopic (exact) mass is 262 g/mol. The molecule has 1 unspecified atom stereocenters. The van der Waals surface area contributed by atoms with Gasteiger partial charge in [0.25, 0.3) is 0 Å². The highest BCUT2D eigenvalue weighted by Crippen LogP contribution is 2.08. The van der Waals surface area contributed by atoms with Crippen LogP contribution in [0.2, 0.25) is 0 Å². The first kappa shape index (κ1) is 16.2. The Morgan fingerprint density at radius 2 is 2.05 bits per heavy atom. The molecule has 2 nitrogen and oxygen atoms in total. The minimum atomic E-state index is 0.571. The lowest BCUT2D eigenvalue weighted by atomic mass is 10.1. The molecule has 1 aromatic carbocycles. The van der Waals surface area contributed by atoms with Gasteiger partial charge in [-0.25, -0.2) is 0 Å². The first-order chi connectivity index (χ1) is 9.13. The highest BCUT2D eigenvalue weighted by molar-refractivity contribution is 5.22. The van der Waals surface area contributed by atoms with Gasteiger partial charge < -0.3 is 5.32 Å². The van der Waals surface area contributed by atoms with Gasteiger partial charge in [0, 0.05) is 19.1 Å². The van der Waals surface area contributed by atoms with Crippen molar-refractivity contribution in [1.29, 1.82) is 0 Å². The molecule has 0 heterocycles. The van der Waals surface area contributed by atoms with Crippen molar-refractivity contribution in [3.63, 3.8) is 0 Å². The second-order valence-electron chi connectivity index (χ2n) is 5.66. The lowest BCUT2D eigenvalue weighted by Crippen LogP contribution is -2.37. The molecular weight excluding hydrogens is 232 g/mol. The van der Waals surface area contributed by atoms with E-state index in [0.717, 1.165) is 19.6 Å². The summed E-state index contributed by atoms with van der Waals surface area (Å²) in [6.45, 7) is 9.95. The molecular formula is C17H30N2. The molecule has 1 aromatic rings. The predicted octanol–water partition coefficient (Wildman–Crippen LogP) is 3.60. The zero-order valence-electron chi connectivity index (χ0n) is 13.1. The van der Waals surface area contributed by atoms with Crippen molar-refractivity contribution in [3.8, 4) is 0 Å². The molecule has 1 atom stereocenters. The smallest absolute Gasteiger partial charge is 0.0234 e. The van der Waals surface area contributed by atoms with E-state index in [4.69, 9.17) is 0 Å². The molecule has 0 aliphatic carbocycles. The third-order valence-corrected chi connectivity index (χ3v) is 3.66. The second kappa shape index (κ2) is 9.11. The molecule has 0 amide bonds. The summed E-state index contributed by atoms with van der Waals surface area (Å²) in [7, 11) is 2.21. The van der Waals surface area contributed by atoms with E-state index in [1.54, 1.807) is 0 Å². The van der Waals surface area contributed by atoms with Crippen molar-refractivity contribution in [2.45, 2.75) is 52.6 Å². The van der Waals surface area contributed by atoms with Crippen LogP contribution in [0.5, 0.6) is 0 Å². The molecule has 1 rings (SSSR count).